The molecule has 4 nitrogen and oxygen atoms in total. The van der Waals surface area contributed by atoms with Crippen molar-refractivity contribution in [3.63, 3.8) is 0 Å². The summed E-state index contributed by atoms with van der Waals surface area (Å²) in [5.41, 5.74) is 12.4. The average molecular weight is 233 g/mol. The maximum Gasteiger partial charge on any atom is 0.251 e. The first-order chi connectivity index (χ1) is 8.16. The number of carbonyl (C=O) groups excluding carboxylic acids is 1. The minimum Gasteiger partial charge on any atom is -0.349 e. The summed E-state index contributed by atoms with van der Waals surface area (Å²) < 4.78 is 0. The second-order valence-corrected chi connectivity index (χ2v) is 4.68. The smallest absolute Gasteiger partial charge is 0.251 e. The largest absolute Gasteiger partial charge is 0.349 e. The monoisotopic (exact) mass is 233 g/mol. The highest BCUT2D eigenvalue weighted by Gasteiger charge is 2.26. The molecule has 5 N–H and O–H groups in total. The summed E-state index contributed by atoms with van der Waals surface area (Å²) in [4.78, 5) is 11.9. The van der Waals surface area contributed by atoms with Crippen LogP contribution in [0, 0.1) is 0 Å². The van der Waals surface area contributed by atoms with E-state index in [9.17, 15) is 4.79 Å². The van der Waals surface area contributed by atoms with E-state index in [0.29, 0.717) is 5.56 Å². The Morgan fingerprint density at radius 2 is 1.82 bits per heavy atom. The molecule has 3 atom stereocenters. The van der Waals surface area contributed by atoms with Crippen LogP contribution >= 0.6 is 0 Å². The van der Waals surface area contributed by atoms with Gasteiger partial charge in [-0.05, 0) is 31.4 Å². The molecule has 1 saturated carbocycles. The van der Waals surface area contributed by atoms with Crippen LogP contribution in [0.5, 0.6) is 0 Å². The lowest BCUT2D eigenvalue weighted by Gasteiger charge is -2.32. The number of rotatable bonds is 2. The van der Waals surface area contributed by atoms with Crippen molar-refractivity contribution < 1.29 is 4.79 Å². The topological polar surface area (TPSA) is 81.1 Å². The van der Waals surface area contributed by atoms with Crippen LogP contribution in [0.3, 0.4) is 0 Å². The maximum atomic E-state index is 11.9. The van der Waals surface area contributed by atoms with Crippen LogP contribution in [0.25, 0.3) is 0 Å². The molecule has 0 saturated heterocycles. The molecule has 0 heterocycles. The molecule has 1 fully saturated rings. The number of amides is 1. The lowest BCUT2D eigenvalue weighted by atomic mass is 9.87. The van der Waals surface area contributed by atoms with Gasteiger partial charge < -0.3 is 16.8 Å². The predicted octanol–water partition coefficient (Wildman–Crippen LogP) is 0.623. The molecule has 1 aliphatic rings. The van der Waals surface area contributed by atoms with Crippen molar-refractivity contribution >= 4 is 5.91 Å². The maximum absolute atomic E-state index is 11.9. The summed E-state index contributed by atoms with van der Waals surface area (Å²) >= 11 is 0. The van der Waals surface area contributed by atoms with E-state index < -0.39 is 0 Å². The van der Waals surface area contributed by atoms with Gasteiger partial charge in [0, 0.05) is 23.7 Å². The summed E-state index contributed by atoms with van der Waals surface area (Å²) in [6.07, 6.45) is 2.55. The van der Waals surface area contributed by atoms with Crippen molar-refractivity contribution in [2.24, 2.45) is 11.5 Å². The van der Waals surface area contributed by atoms with Crippen LogP contribution in [0.15, 0.2) is 30.3 Å². The highest BCUT2D eigenvalue weighted by atomic mass is 16.1. The van der Waals surface area contributed by atoms with Gasteiger partial charge in [0.25, 0.3) is 5.91 Å². The van der Waals surface area contributed by atoms with E-state index in [4.69, 9.17) is 11.5 Å². The fourth-order valence-electron chi connectivity index (χ4n) is 2.22. The lowest BCUT2D eigenvalue weighted by molar-refractivity contribution is 0.0923. The Morgan fingerprint density at radius 3 is 2.47 bits per heavy atom. The molecule has 0 bridgehead atoms. The van der Waals surface area contributed by atoms with Gasteiger partial charge in [-0.15, -0.1) is 0 Å². The van der Waals surface area contributed by atoms with Crippen molar-refractivity contribution in [3.05, 3.63) is 35.9 Å². The van der Waals surface area contributed by atoms with E-state index in [1.807, 2.05) is 30.3 Å². The van der Waals surface area contributed by atoms with Gasteiger partial charge in [-0.25, -0.2) is 0 Å². The molecule has 17 heavy (non-hydrogen) atoms. The Hall–Kier alpha value is -1.39. The van der Waals surface area contributed by atoms with Crippen molar-refractivity contribution in [1.82, 2.24) is 5.32 Å². The molecule has 2 rings (SSSR count). The molecular weight excluding hydrogens is 214 g/mol. The second-order valence-electron chi connectivity index (χ2n) is 4.68. The Labute approximate surface area is 101 Å². The first kappa shape index (κ1) is 12.1. The SMILES string of the molecule is N[C@@H]1CC(NC(=O)c2ccccc2)CC[C@@H]1N. The quantitative estimate of drug-likeness (QED) is 0.700. The molecule has 4 heteroatoms. The molecule has 0 radical (unpaired) electrons. The zero-order valence-electron chi connectivity index (χ0n) is 9.80. The van der Waals surface area contributed by atoms with E-state index in [-0.39, 0.29) is 24.0 Å². The van der Waals surface area contributed by atoms with Crippen molar-refractivity contribution in [2.75, 3.05) is 0 Å². The normalized spacial score (nSPS) is 28.7. The molecule has 1 aliphatic carbocycles. The first-order valence-corrected chi connectivity index (χ1v) is 6.04. The van der Waals surface area contributed by atoms with Crippen LogP contribution in [0.1, 0.15) is 29.6 Å². The molecule has 0 aliphatic heterocycles. The molecule has 0 spiro atoms. The minimum atomic E-state index is -0.0294. The Bertz CT molecular complexity index is 380. The predicted molar refractivity (Wildman–Crippen MR) is 67.5 cm³/mol. The van der Waals surface area contributed by atoms with Crippen LogP contribution in [0.4, 0.5) is 0 Å². The lowest BCUT2D eigenvalue weighted by Crippen LogP contribution is -2.51. The zero-order valence-corrected chi connectivity index (χ0v) is 9.80. The van der Waals surface area contributed by atoms with Gasteiger partial charge in [0.2, 0.25) is 0 Å². The van der Waals surface area contributed by atoms with Crippen LogP contribution in [-0.2, 0) is 0 Å². The van der Waals surface area contributed by atoms with Crippen LogP contribution < -0.4 is 16.8 Å². The summed E-state index contributed by atoms with van der Waals surface area (Å²) in [5, 5.41) is 3.01. The van der Waals surface area contributed by atoms with Gasteiger partial charge >= 0.3 is 0 Å². The second kappa shape index (κ2) is 5.29. The number of hydrogen-bond donors (Lipinski definition) is 3. The first-order valence-electron chi connectivity index (χ1n) is 6.04. The van der Waals surface area contributed by atoms with Crippen molar-refractivity contribution in [2.45, 2.75) is 37.4 Å². The van der Waals surface area contributed by atoms with Gasteiger partial charge in [0.15, 0.2) is 0 Å². The Kier molecular flexibility index (Phi) is 3.76. The summed E-state index contributed by atoms with van der Waals surface area (Å²) in [5.74, 6) is -0.0294. The van der Waals surface area contributed by atoms with Crippen LogP contribution in [-0.4, -0.2) is 24.0 Å². The minimum absolute atomic E-state index is 0.00942. The average Bonchev–Trinajstić information content (AvgIpc) is 2.35. The molecule has 1 aromatic rings. The van der Waals surface area contributed by atoms with Crippen molar-refractivity contribution in [1.29, 1.82) is 0 Å². The number of benzene rings is 1. The van der Waals surface area contributed by atoms with E-state index >= 15 is 0 Å². The van der Waals surface area contributed by atoms with E-state index in [2.05, 4.69) is 5.32 Å². The standard InChI is InChI=1S/C13H19N3O/c14-11-7-6-10(8-12(11)15)16-13(17)9-4-2-1-3-5-9/h1-5,10-12H,6-8,14-15H2,(H,16,17)/t10?,11-,12+/m0/s1. The van der Waals surface area contributed by atoms with Gasteiger partial charge in [0.1, 0.15) is 0 Å². The number of nitrogens with two attached hydrogens (primary N) is 2. The van der Waals surface area contributed by atoms with Gasteiger partial charge in [0.05, 0.1) is 0 Å². The number of hydrogen-bond acceptors (Lipinski definition) is 3. The number of nitrogens with one attached hydrogen (secondary N) is 1. The molecule has 0 aromatic heterocycles. The van der Waals surface area contributed by atoms with E-state index in [0.717, 1.165) is 19.3 Å². The third-order valence-corrected chi connectivity index (χ3v) is 3.33. The third kappa shape index (κ3) is 3.05. The van der Waals surface area contributed by atoms with E-state index in [1.54, 1.807) is 0 Å². The third-order valence-electron chi connectivity index (χ3n) is 3.33. The molecule has 1 aromatic carbocycles. The summed E-state index contributed by atoms with van der Waals surface area (Å²) in [6.45, 7) is 0. The van der Waals surface area contributed by atoms with Crippen molar-refractivity contribution in [3.8, 4) is 0 Å². The molecular formula is C13H19N3O. The van der Waals surface area contributed by atoms with Crippen LogP contribution in [0.2, 0.25) is 0 Å². The highest BCUT2D eigenvalue weighted by Crippen LogP contribution is 2.16. The summed E-state index contributed by atoms with van der Waals surface area (Å²) in [6, 6.07) is 9.44. The van der Waals surface area contributed by atoms with E-state index in [1.165, 1.54) is 0 Å². The highest BCUT2D eigenvalue weighted by molar-refractivity contribution is 5.94. The zero-order chi connectivity index (χ0) is 12.3. The van der Waals surface area contributed by atoms with Gasteiger partial charge in [-0.2, -0.15) is 0 Å². The van der Waals surface area contributed by atoms with Gasteiger partial charge in [-0.1, -0.05) is 18.2 Å². The summed E-state index contributed by atoms with van der Waals surface area (Å²) in [7, 11) is 0. The molecule has 1 unspecified atom stereocenters. The fraction of sp³-hybridized carbons (Fsp3) is 0.462. The Morgan fingerprint density at radius 1 is 1.12 bits per heavy atom. The fourth-order valence-corrected chi connectivity index (χ4v) is 2.22. The van der Waals surface area contributed by atoms with Gasteiger partial charge in [-0.3, -0.25) is 4.79 Å². The molecule has 92 valence electrons. The Balaban J connectivity index is 1.92. The molecule has 1 amide bonds. The number of carbonyl (C=O) groups is 1.